The second kappa shape index (κ2) is 6.80. The molecule has 1 atom stereocenters. The lowest BCUT2D eigenvalue weighted by Crippen LogP contribution is -2.34. The fraction of sp³-hybridized carbons (Fsp3) is 0.316. The van der Waals surface area contributed by atoms with Crippen LogP contribution in [0.2, 0.25) is 0 Å². The Balaban J connectivity index is 2.12. The van der Waals surface area contributed by atoms with Gasteiger partial charge in [-0.05, 0) is 38.3 Å². The highest BCUT2D eigenvalue weighted by atomic mass is 32.1. The molecule has 2 heterocycles. The van der Waals surface area contributed by atoms with Crippen molar-refractivity contribution in [1.29, 1.82) is 0 Å². The third-order valence-electron chi connectivity index (χ3n) is 4.38. The minimum atomic E-state index is -0.188. The van der Waals surface area contributed by atoms with Crippen LogP contribution in [0.15, 0.2) is 46.6 Å². The maximum atomic E-state index is 13.1. The molecular weight excluding hydrogens is 334 g/mol. The quantitative estimate of drug-likeness (QED) is 0.714. The summed E-state index contributed by atoms with van der Waals surface area (Å²) in [6, 6.07) is 11.0. The van der Waals surface area contributed by atoms with Gasteiger partial charge in [-0.2, -0.15) is 5.10 Å². The average Bonchev–Trinajstić information content (AvgIpc) is 3.14. The molecule has 0 saturated heterocycles. The van der Waals surface area contributed by atoms with Crippen LogP contribution in [0.25, 0.3) is 10.8 Å². The minimum Gasteiger partial charge on any atom is -0.333 e. The van der Waals surface area contributed by atoms with Gasteiger partial charge in [-0.15, -0.1) is 11.3 Å². The van der Waals surface area contributed by atoms with Gasteiger partial charge < -0.3 is 4.90 Å². The van der Waals surface area contributed by atoms with Gasteiger partial charge in [0, 0.05) is 17.3 Å². The average molecular weight is 355 g/mol. The summed E-state index contributed by atoms with van der Waals surface area (Å²) in [6.45, 7) is 5.76. The number of hydrogen-bond acceptors (Lipinski definition) is 4. The van der Waals surface area contributed by atoms with Gasteiger partial charge in [-0.25, -0.2) is 4.68 Å². The molecule has 0 radical (unpaired) electrons. The second-order valence-electron chi connectivity index (χ2n) is 6.35. The number of rotatable bonds is 4. The number of nitrogens with zero attached hydrogens (tertiary/aromatic N) is 3. The van der Waals surface area contributed by atoms with Crippen molar-refractivity contribution in [1.82, 2.24) is 14.7 Å². The van der Waals surface area contributed by atoms with E-state index in [-0.39, 0.29) is 23.6 Å². The van der Waals surface area contributed by atoms with Crippen LogP contribution in [-0.4, -0.2) is 27.6 Å². The number of fused-ring (bicyclic) bond motifs is 1. The maximum Gasteiger partial charge on any atom is 0.275 e. The van der Waals surface area contributed by atoms with E-state index in [9.17, 15) is 9.59 Å². The topological polar surface area (TPSA) is 55.2 Å². The highest BCUT2D eigenvalue weighted by Gasteiger charge is 2.24. The van der Waals surface area contributed by atoms with Crippen LogP contribution in [0.1, 0.15) is 48.2 Å². The molecule has 0 saturated carbocycles. The van der Waals surface area contributed by atoms with Gasteiger partial charge in [0.25, 0.3) is 11.5 Å². The lowest BCUT2D eigenvalue weighted by atomic mass is 10.1. The fourth-order valence-electron chi connectivity index (χ4n) is 2.78. The van der Waals surface area contributed by atoms with Gasteiger partial charge >= 0.3 is 0 Å². The summed E-state index contributed by atoms with van der Waals surface area (Å²) < 4.78 is 1.39. The molecule has 0 fully saturated rings. The van der Waals surface area contributed by atoms with Crippen LogP contribution >= 0.6 is 11.3 Å². The Hall–Kier alpha value is -2.47. The molecule has 3 aromatic rings. The summed E-state index contributed by atoms with van der Waals surface area (Å²) in [5.41, 5.74) is 0.144. The molecule has 5 nitrogen and oxygen atoms in total. The summed E-state index contributed by atoms with van der Waals surface area (Å²) in [4.78, 5) is 28.5. The lowest BCUT2D eigenvalue weighted by Gasteiger charge is -2.24. The highest BCUT2D eigenvalue weighted by molar-refractivity contribution is 7.10. The van der Waals surface area contributed by atoms with Gasteiger partial charge in [0.05, 0.1) is 17.5 Å². The van der Waals surface area contributed by atoms with Gasteiger partial charge in [-0.1, -0.05) is 24.3 Å². The van der Waals surface area contributed by atoms with E-state index in [0.717, 1.165) is 4.88 Å². The number of amides is 1. The Kier molecular flexibility index (Phi) is 4.72. The zero-order valence-corrected chi connectivity index (χ0v) is 15.6. The van der Waals surface area contributed by atoms with E-state index in [1.54, 1.807) is 41.5 Å². The molecule has 0 aliphatic rings. The predicted octanol–water partition coefficient (Wildman–Crippen LogP) is 3.87. The molecule has 25 heavy (non-hydrogen) atoms. The van der Waals surface area contributed by atoms with Crippen molar-refractivity contribution < 1.29 is 4.79 Å². The minimum absolute atomic E-state index is 0.0625. The molecule has 0 aliphatic heterocycles. The van der Waals surface area contributed by atoms with E-state index < -0.39 is 0 Å². The van der Waals surface area contributed by atoms with Crippen LogP contribution in [-0.2, 0) is 0 Å². The maximum absolute atomic E-state index is 13.1. The van der Waals surface area contributed by atoms with Crippen LogP contribution in [0.4, 0.5) is 0 Å². The van der Waals surface area contributed by atoms with Crippen molar-refractivity contribution >= 4 is 28.0 Å². The smallest absolute Gasteiger partial charge is 0.275 e. The van der Waals surface area contributed by atoms with Crippen molar-refractivity contribution in [3.63, 3.8) is 0 Å². The number of benzene rings is 1. The standard InChI is InChI=1S/C19H21N3O2S/c1-12(2)22-18(23)15-9-6-5-8-14(15)17(20-22)19(24)21(4)13(3)16-10-7-11-25-16/h5-13H,1-4H3/t13-/m1/s1. The highest BCUT2D eigenvalue weighted by Crippen LogP contribution is 2.26. The van der Waals surface area contributed by atoms with Gasteiger partial charge in [-0.3, -0.25) is 9.59 Å². The van der Waals surface area contributed by atoms with Crippen molar-refractivity contribution in [2.24, 2.45) is 0 Å². The summed E-state index contributed by atoms with van der Waals surface area (Å²) in [6.07, 6.45) is 0. The monoisotopic (exact) mass is 355 g/mol. The first-order valence-corrected chi connectivity index (χ1v) is 9.12. The molecule has 130 valence electrons. The molecule has 0 unspecified atom stereocenters. The SMILES string of the molecule is CC(C)n1nc(C(=O)N(C)[C@H](C)c2cccs2)c2ccccc2c1=O. The molecule has 2 aromatic heterocycles. The van der Waals surface area contributed by atoms with Gasteiger partial charge in [0.15, 0.2) is 5.69 Å². The molecule has 0 bridgehead atoms. The van der Waals surface area contributed by atoms with Gasteiger partial charge in [0.2, 0.25) is 0 Å². The van der Waals surface area contributed by atoms with Gasteiger partial charge in [0.1, 0.15) is 0 Å². The van der Waals surface area contributed by atoms with E-state index in [2.05, 4.69) is 5.10 Å². The van der Waals surface area contributed by atoms with Crippen LogP contribution in [0.5, 0.6) is 0 Å². The number of aromatic nitrogens is 2. The molecule has 0 aliphatic carbocycles. The Morgan fingerprint density at radius 3 is 2.40 bits per heavy atom. The van der Waals surface area contributed by atoms with Crippen LogP contribution < -0.4 is 5.56 Å². The van der Waals surface area contributed by atoms with Crippen LogP contribution in [0, 0.1) is 0 Å². The Bertz CT molecular complexity index is 960. The fourth-order valence-corrected chi connectivity index (χ4v) is 3.60. The first-order valence-electron chi connectivity index (χ1n) is 8.24. The van der Waals surface area contributed by atoms with Crippen molar-refractivity contribution in [3.8, 4) is 0 Å². The number of thiophene rings is 1. The van der Waals surface area contributed by atoms with E-state index in [1.807, 2.05) is 44.4 Å². The normalized spacial score (nSPS) is 12.5. The first-order chi connectivity index (χ1) is 11.9. The molecule has 6 heteroatoms. The number of carbonyl (C=O) groups excluding carboxylic acids is 1. The lowest BCUT2D eigenvalue weighted by molar-refractivity contribution is 0.0738. The molecule has 1 amide bonds. The van der Waals surface area contributed by atoms with E-state index in [4.69, 9.17) is 0 Å². The van der Waals surface area contributed by atoms with Crippen molar-refractivity contribution in [2.45, 2.75) is 32.9 Å². The molecule has 3 rings (SSSR count). The number of hydrogen-bond donors (Lipinski definition) is 0. The molecular formula is C19H21N3O2S. The summed E-state index contributed by atoms with van der Waals surface area (Å²) in [7, 11) is 1.77. The zero-order valence-electron chi connectivity index (χ0n) is 14.8. The Morgan fingerprint density at radius 1 is 1.12 bits per heavy atom. The summed E-state index contributed by atoms with van der Waals surface area (Å²) in [5.74, 6) is -0.188. The number of carbonyl (C=O) groups is 1. The van der Waals surface area contributed by atoms with E-state index in [0.29, 0.717) is 16.5 Å². The Morgan fingerprint density at radius 2 is 1.80 bits per heavy atom. The van der Waals surface area contributed by atoms with E-state index >= 15 is 0 Å². The van der Waals surface area contributed by atoms with Crippen molar-refractivity contribution in [3.05, 3.63) is 62.7 Å². The Labute approximate surface area is 150 Å². The van der Waals surface area contributed by atoms with Crippen LogP contribution in [0.3, 0.4) is 0 Å². The third kappa shape index (κ3) is 3.09. The summed E-state index contributed by atoms with van der Waals surface area (Å²) >= 11 is 1.62. The molecule has 1 aromatic carbocycles. The molecule has 0 N–H and O–H groups in total. The van der Waals surface area contributed by atoms with E-state index in [1.165, 1.54) is 4.68 Å². The third-order valence-corrected chi connectivity index (χ3v) is 5.42. The predicted molar refractivity (Wildman–Crippen MR) is 101 cm³/mol. The zero-order chi connectivity index (χ0) is 18.1. The largest absolute Gasteiger partial charge is 0.333 e. The second-order valence-corrected chi connectivity index (χ2v) is 7.32. The summed E-state index contributed by atoms with van der Waals surface area (Å²) in [5, 5.41) is 7.51. The molecule has 0 spiro atoms. The van der Waals surface area contributed by atoms with Crippen molar-refractivity contribution in [2.75, 3.05) is 7.05 Å². The first kappa shape index (κ1) is 17.4.